The number of carbonyl (C=O) groups excluding carboxylic acids is 2. The number of nitrogens with one attached hydrogen (secondary N) is 1. The van der Waals surface area contributed by atoms with Gasteiger partial charge in [-0.05, 0) is 36.4 Å². The van der Waals surface area contributed by atoms with Gasteiger partial charge in [0.2, 0.25) is 0 Å². The Morgan fingerprint density at radius 3 is 2.35 bits per heavy atom. The van der Waals surface area contributed by atoms with Crippen LogP contribution in [-0.2, 0) is 4.74 Å². The molecule has 0 spiro atoms. The van der Waals surface area contributed by atoms with Crippen LogP contribution in [0.25, 0.3) is 0 Å². The molecular weight excluding hydrogens is 332 g/mol. The molecule has 2 aromatic rings. The van der Waals surface area contributed by atoms with E-state index in [9.17, 15) is 9.59 Å². The maximum atomic E-state index is 12.4. The van der Waals surface area contributed by atoms with Gasteiger partial charge in [-0.2, -0.15) is 0 Å². The molecule has 2 heterocycles. The Bertz CT molecular complexity index is 784. The zero-order valence-corrected chi connectivity index (χ0v) is 14.9. The Kier molecular flexibility index (Phi) is 5.48. The van der Waals surface area contributed by atoms with E-state index in [1.54, 1.807) is 35.2 Å². The summed E-state index contributed by atoms with van der Waals surface area (Å²) in [5.41, 5.74) is 1.04. The van der Waals surface area contributed by atoms with Crippen LogP contribution in [0.3, 0.4) is 0 Å². The molecule has 26 heavy (non-hydrogen) atoms. The predicted molar refractivity (Wildman–Crippen MR) is 99.7 cm³/mol. The molecule has 0 atom stereocenters. The zero-order chi connectivity index (χ0) is 18.5. The van der Waals surface area contributed by atoms with Crippen LogP contribution in [0.5, 0.6) is 0 Å². The average Bonchev–Trinajstić information content (AvgIpc) is 2.68. The largest absolute Gasteiger partial charge is 0.378 e. The van der Waals surface area contributed by atoms with E-state index in [0.717, 1.165) is 5.82 Å². The van der Waals surface area contributed by atoms with E-state index in [0.29, 0.717) is 43.2 Å². The second-order valence-electron chi connectivity index (χ2n) is 6.21. The number of aromatic nitrogens is 1. The first-order valence-electron chi connectivity index (χ1n) is 8.47. The summed E-state index contributed by atoms with van der Waals surface area (Å²) < 4.78 is 5.26. The normalized spacial score (nSPS) is 14.0. The Labute approximate surface area is 152 Å². The van der Waals surface area contributed by atoms with Gasteiger partial charge in [-0.1, -0.05) is 6.07 Å². The van der Waals surface area contributed by atoms with Gasteiger partial charge in [-0.15, -0.1) is 0 Å². The van der Waals surface area contributed by atoms with Gasteiger partial charge in [-0.3, -0.25) is 9.59 Å². The molecule has 1 aliphatic heterocycles. The molecule has 3 rings (SSSR count). The first-order valence-corrected chi connectivity index (χ1v) is 8.47. The van der Waals surface area contributed by atoms with Crippen LogP contribution in [-0.4, -0.2) is 62.1 Å². The van der Waals surface area contributed by atoms with E-state index in [-0.39, 0.29) is 11.8 Å². The molecule has 0 radical (unpaired) electrons. The Morgan fingerprint density at radius 2 is 1.69 bits per heavy atom. The molecule has 1 aromatic carbocycles. The molecule has 2 amide bonds. The summed E-state index contributed by atoms with van der Waals surface area (Å²) in [5.74, 6) is 0.934. The first-order chi connectivity index (χ1) is 12.5. The standard InChI is InChI=1S/C19H22N4O3/c1-22(2)17-5-3-4-16(20-17)21-18(24)14-6-8-15(9-7-14)19(25)23-10-12-26-13-11-23/h3-9H,10-13H2,1-2H3,(H,20,21,24). The molecule has 1 N–H and O–H groups in total. The van der Waals surface area contributed by atoms with Crippen LogP contribution in [0.15, 0.2) is 42.5 Å². The van der Waals surface area contributed by atoms with Gasteiger partial charge in [0.05, 0.1) is 13.2 Å². The van der Waals surface area contributed by atoms with Crippen LogP contribution in [0, 0.1) is 0 Å². The topological polar surface area (TPSA) is 74.8 Å². The highest BCUT2D eigenvalue weighted by Gasteiger charge is 2.18. The number of benzene rings is 1. The fourth-order valence-electron chi connectivity index (χ4n) is 2.64. The molecule has 0 bridgehead atoms. The van der Waals surface area contributed by atoms with Crippen LogP contribution in [0.2, 0.25) is 0 Å². The number of hydrogen-bond donors (Lipinski definition) is 1. The highest BCUT2D eigenvalue weighted by atomic mass is 16.5. The minimum Gasteiger partial charge on any atom is -0.378 e. The maximum absolute atomic E-state index is 12.4. The molecular formula is C19H22N4O3. The van der Waals surface area contributed by atoms with E-state index in [1.807, 2.05) is 31.1 Å². The summed E-state index contributed by atoms with van der Waals surface area (Å²) in [6.07, 6.45) is 0. The minimum absolute atomic E-state index is 0.0411. The Morgan fingerprint density at radius 1 is 1.04 bits per heavy atom. The molecule has 1 aliphatic rings. The number of hydrogen-bond acceptors (Lipinski definition) is 5. The number of rotatable bonds is 4. The minimum atomic E-state index is -0.265. The molecule has 1 saturated heterocycles. The van der Waals surface area contributed by atoms with Crippen molar-refractivity contribution in [1.82, 2.24) is 9.88 Å². The summed E-state index contributed by atoms with van der Waals surface area (Å²) in [6.45, 7) is 2.31. The summed E-state index contributed by atoms with van der Waals surface area (Å²) in [5, 5.41) is 2.78. The van der Waals surface area contributed by atoms with Gasteiger partial charge in [0.1, 0.15) is 11.6 Å². The molecule has 1 fully saturated rings. The van der Waals surface area contributed by atoms with Crippen molar-refractivity contribution in [2.75, 3.05) is 50.6 Å². The van der Waals surface area contributed by atoms with E-state index < -0.39 is 0 Å². The molecule has 136 valence electrons. The zero-order valence-electron chi connectivity index (χ0n) is 14.9. The van der Waals surface area contributed by atoms with E-state index in [4.69, 9.17) is 4.74 Å². The molecule has 0 unspecified atom stereocenters. The maximum Gasteiger partial charge on any atom is 0.256 e. The summed E-state index contributed by atoms with van der Waals surface area (Å²) in [6, 6.07) is 12.1. The molecule has 7 nitrogen and oxygen atoms in total. The lowest BCUT2D eigenvalue weighted by atomic mass is 10.1. The second-order valence-corrected chi connectivity index (χ2v) is 6.21. The summed E-state index contributed by atoms with van der Waals surface area (Å²) in [4.78, 5) is 32.8. The Balaban J connectivity index is 1.67. The number of ether oxygens (including phenoxy) is 1. The highest BCUT2D eigenvalue weighted by molar-refractivity contribution is 6.04. The van der Waals surface area contributed by atoms with Crippen molar-refractivity contribution >= 4 is 23.5 Å². The predicted octanol–water partition coefficient (Wildman–Crippen LogP) is 1.87. The fourth-order valence-corrected chi connectivity index (χ4v) is 2.64. The van der Waals surface area contributed by atoms with Gasteiger partial charge >= 0.3 is 0 Å². The monoisotopic (exact) mass is 354 g/mol. The lowest BCUT2D eigenvalue weighted by molar-refractivity contribution is 0.0303. The van der Waals surface area contributed by atoms with Crippen LogP contribution >= 0.6 is 0 Å². The number of amides is 2. The number of nitrogens with zero attached hydrogens (tertiary/aromatic N) is 3. The van der Waals surface area contributed by atoms with Gasteiger partial charge in [0, 0.05) is 38.3 Å². The fraction of sp³-hybridized carbons (Fsp3) is 0.316. The average molecular weight is 354 g/mol. The van der Waals surface area contributed by atoms with Crippen molar-refractivity contribution in [1.29, 1.82) is 0 Å². The SMILES string of the molecule is CN(C)c1cccc(NC(=O)c2ccc(C(=O)N3CCOCC3)cc2)n1. The molecule has 0 saturated carbocycles. The number of carbonyl (C=O) groups is 2. The van der Waals surface area contributed by atoms with Gasteiger partial charge in [0.15, 0.2) is 0 Å². The summed E-state index contributed by atoms with van der Waals surface area (Å²) in [7, 11) is 3.77. The van der Waals surface area contributed by atoms with Crippen molar-refractivity contribution in [3.05, 3.63) is 53.6 Å². The highest BCUT2D eigenvalue weighted by Crippen LogP contribution is 2.14. The van der Waals surface area contributed by atoms with Gasteiger partial charge < -0.3 is 19.9 Å². The van der Waals surface area contributed by atoms with Crippen molar-refractivity contribution in [2.45, 2.75) is 0 Å². The van der Waals surface area contributed by atoms with Crippen molar-refractivity contribution in [2.24, 2.45) is 0 Å². The molecule has 1 aromatic heterocycles. The third kappa shape index (κ3) is 4.18. The van der Waals surface area contributed by atoms with Crippen LogP contribution in [0.1, 0.15) is 20.7 Å². The third-order valence-electron chi connectivity index (χ3n) is 4.13. The van der Waals surface area contributed by atoms with Crippen molar-refractivity contribution < 1.29 is 14.3 Å². The second kappa shape index (κ2) is 7.97. The van der Waals surface area contributed by atoms with Crippen LogP contribution < -0.4 is 10.2 Å². The third-order valence-corrected chi connectivity index (χ3v) is 4.13. The quantitative estimate of drug-likeness (QED) is 0.907. The van der Waals surface area contributed by atoms with Crippen molar-refractivity contribution in [3.63, 3.8) is 0 Å². The number of morpholine rings is 1. The van der Waals surface area contributed by atoms with Crippen LogP contribution in [0.4, 0.5) is 11.6 Å². The molecule has 7 heteroatoms. The van der Waals surface area contributed by atoms with Gasteiger partial charge in [-0.25, -0.2) is 4.98 Å². The van der Waals surface area contributed by atoms with E-state index in [1.165, 1.54) is 0 Å². The van der Waals surface area contributed by atoms with Gasteiger partial charge in [0.25, 0.3) is 11.8 Å². The lowest BCUT2D eigenvalue weighted by Gasteiger charge is -2.26. The summed E-state index contributed by atoms with van der Waals surface area (Å²) >= 11 is 0. The van der Waals surface area contributed by atoms with E-state index >= 15 is 0 Å². The number of pyridine rings is 1. The van der Waals surface area contributed by atoms with Crippen molar-refractivity contribution in [3.8, 4) is 0 Å². The number of anilines is 2. The molecule has 0 aliphatic carbocycles. The lowest BCUT2D eigenvalue weighted by Crippen LogP contribution is -2.40. The smallest absolute Gasteiger partial charge is 0.256 e. The Hall–Kier alpha value is -2.93. The van der Waals surface area contributed by atoms with E-state index in [2.05, 4.69) is 10.3 Å². The first kappa shape index (κ1) is 17.9.